The first kappa shape index (κ1) is 14.8. The Labute approximate surface area is 133 Å². The van der Waals surface area contributed by atoms with Gasteiger partial charge in [0.1, 0.15) is 5.75 Å². The number of phenols is 1. The summed E-state index contributed by atoms with van der Waals surface area (Å²) < 4.78 is 0. The van der Waals surface area contributed by atoms with Gasteiger partial charge in [0, 0.05) is 10.4 Å². The standard InChI is InChI=1S/C17H18N2O2S/c1-11-6-7-15-13(8-11)9-16(22-15)17(21)19-18-10-12-4-2-3-5-14(12)20/h2-5,9-11,20H,6-8H2,1H3,(H,19,21)/b18-10+/t11-/m0/s1. The van der Waals surface area contributed by atoms with E-state index in [4.69, 9.17) is 0 Å². The second-order valence-electron chi connectivity index (χ2n) is 5.66. The molecule has 5 heteroatoms. The van der Waals surface area contributed by atoms with Gasteiger partial charge in [0.15, 0.2) is 0 Å². The Hall–Kier alpha value is -2.14. The first-order chi connectivity index (χ1) is 10.6. The van der Waals surface area contributed by atoms with Crippen molar-refractivity contribution in [3.8, 4) is 5.75 Å². The number of amides is 1. The van der Waals surface area contributed by atoms with E-state index in [0.717, 1.165) is 12.8 Å². The van der Waals surface area contributed by atoms with Crippen molar-refractivity contribution in [3.05, 3.63) is 51.2 Å². The highest BCUT2D eigenvalue weighted by Gasteiger charge is 2.20. The molecule has 1 amide bonds. The highest BCUT2D eigenvalue weighted by molar-refractivity contribution is 7.14. The zero-order valence-corrected chi connectivity index (χ0v) is 13.2. The molecule has 1 aromatic heterocycles. The summed E-state index contributed by atoms with van der Waals surface area (Å²) >= 11 is 1.56. The van der Waals surface area contributed by atoms with Gasteiger partial charge in [-0.1, -0.05) is 19.1 Å². The molecule has 114 valence electrons. The molecule has 4 nitrogen and oxygen atoms in total. The summed E-state index contributed by atoms with van der Waals surface area (Å²) in [5.74, 6) is 0.636. The number of hydrazone groups is 1. The fourth-order valence-electron chi connectivity index (χ4n) is 2.63. The Kier molecular flexibility index (Phi) is 4.24. The number of carbonyl (C=O) groups is 1. The van der Waals surface area contributed by atoms with Crippen LogP contribution in [-0.2, 0) is 12.8 Å². The van der Waals surface area contributed by atoms with E-state index in [9.17, 15) is 9.90 Å². The summed E-state index contributed by atoms with van der Waals surface area (Å²) in [6.07, 6.45) is 4.76. The molecule has 0 aliphatic heterocycles. The number of aromatic hydroxyl groups is 1. The fraction of sp³-hybridized carbons (Fsp3) is 0.294. The molecule has 0 fully saturated rings. The molecule has 0 saturated heterocycles. The average Bonchev–Trinajstić information content (AvgIpc) is 2.92. The molecule has 0 radical (unpaired) electrons. The smallest absolute Gasteiger partial charge is 0.281 e. The lowest BCUT2D eigenvalue weighted by atomic mass is 9.90. The lowest BCUT2D eigenvalue weighted by Crippen LogP contribution is -2.16. The Morgan fingerprint density at radius 3 is 3.09 bits per heavy atom. The molecule has 2 N–H and O–H groups in total. The van der Waals surface area contributed by atoms with Crippen molar-refractivity contribution in [2.24, 2.45) is 11.0 Å². The average molecular weight is 314 g/mol. The zero-order valence-electron chi connectivity index (χ0n) is 12.4. The third kappa shape index (κ3) is 3.20. The van der Waals surface area contributed by atoms with Crippen molar-refractivity contribution < 1.29 is 9.90 Å². The van der Waals surface area contributed by atoms with Gasteiger partial charge in [-0.25, -0.2) is 5.43 Å². The largest absolute Gasteiger partial charge is 0.507 e. The summed E-state index contributed by atoms with van der Waals surface area (Å²) in [6, 6.07) is 8.84. The molecule has 1 aromatic carbocycles. The number of hydrogen-bond donors (Lipinski definition) is 2. The number of rotatable bonds is 3. The molecule has 2 aromatic rings. The molecule has 1 aliphatic carbocycles. The zero-order chi connectivity index (χ0) is 15.5. The van der Waals surface area contributed by atoms with Gasteiger partial charge in [-0.05, 0) is 48.9 Å². The molecular formula is C17H18N2O2S. The number of carbonyl (C=O) groups excluding carboxylic acids is 1. The maximum atomic E-state index is 12.1. The van der Waals surface area contributed by atoms with Crippen LogP contribution in [0.15, 0.2) is 35.4 Å². The Bertz CT molecular complexity index is 721. The second-order valence-corrected chi connectivity index (χ2v) is 6.80. The summed E-state index contributed by atoms with van der Waals surface area (Å²) in [4.78, 5) is 14.2. The second kappa shape index (κ2) is 6.32. The highest BCUT2D eigenvalue weighted by atomic mass is 32.1. The predicted molar refractivity (Wildman–Crippen MR) is 88.7 cm³/mol. The van der Waals surface area contributed by atoms with Crippen LogP contribution in [0.25, 0.3) is 0 Å². The van der Waals surface area contributed by atoms with Crippen LogP contribution in [0.1, 0.15) is 39.0 Å². The number of para-hydroxylation sites is 1. The SMILES string of the molecule is C[C@H]1CCc2sc(C(=O)N/N=C/c3ccccc3O)cc2C1. The molecule has 22 heavy (non-hydrogen) atoms. The van der Waals surface area contributed by atoms with Crippen LogP contribution < -0.4 is 5.43 Å². The van der Waals surface area contributed by atoms with Gasteiger partial charge in [0.25, 0.3) is 5.91 Å². The number of nitrogens with one attached hydrogen (secondary N) is 1. The molecule has 0 bridgehead atoms. The maximum absolute atomic E-state index is 12.1. The van der Waals surface area contributed by atoms with Gasteiger partial charge >= 0.3 is 0 Å². The van der Waals surface area contributed by atoms with E-state index >= 15 is 0 Å². The van der Waals surface area contributed by atoms with Gasteiger partial charge in [-0.15, -0.1) is 11.3 Å². The van der Waals surface area contributed by atoms with Gasteiger partial charge in [0.2, 0.25) is 0 Å². The number of thiophene rings is 1. The van der Waals surface area contributed by atoms with E-state index in [1.54, 1.807) is 35.6 Å². The van der Waals surface area contributed by atoms with E-state index in [1.165, 1.54) is 23.1 Å². The summed E-state index contributed by atoms with van der Waals surface area (Å²) in [7, 11) is 0. The summed E-state index contributed by atoms with van der Waals surface area (Å²) in [6.45, 7) is 2.25. The number of fused-ring (bicyclic) bond motifs is 1. The molecule has 0 spiro atoms. The third-order valence-electron chi connectivity index (χ3n) is 3.86. The lowest BCUT2D eigenvalue weighted by molar-refractivity contribution is 0.0959. The summed E-state index contributed by atoms with van der Waals surface area (Å²) in [5, 5.41) is 13.5. The highest BCUT2D eigenvalue weighted by Crippen LogP contribution is 2.32. The van der Waals surface area contributed by atoms with Crippen LogP contribution >= 0.6 is 11.3 Å². The van der Waals surface area contributed by atoms with E-state index in [2.05, 4.69) is 17.5 Å². The van der Waals surface area contributed by atoms with E-state index in [1.807, 2.05) is 6.07 Å². The van der Waals surface area contributed by atoms with Crippen molar-refractivity contribution in [1.29, 1.82) is 0 Å². The van der Waals surface area contributed by atoms with Gasteiger partial charge in [-0.3, -0.25) is 4.79 Å². The Balaban J connectivity index is 1.67. The first-order valence-corrected chi connectivity index (χ1v) is 8.18. The first-order valence-electron chi connectivity index (χ1n) is 7.36. The van der Waals surface area contributed by atoms with Crippen LogP contribution in [0.2, 0.25) is 0 Å². The van der Waals surface area contributed by atoms with Crippen LogP contribution in [0.4, 0.5) is 0 Å². The Morgan fingerprint density at radius 2 is 2.27 bits per heavy atom. The molecule has 1 heterocycles. The van der Waals surface area contributed by atoms with Crippen LogP contribution in [0, 0.1) is 5.92 Å². The van der Waals surface area contributed by atoms with Gasteiger partial charge < -0.3 is 5.11 Å². The minimum absolute atomic E-state index is 0.140. The van der Waals surface area contributed by atoms with E-state index in [0.29, 0.717) is 16.4 Å². The topological polar surface area (TPSA) is 61.7 Å². The van der Waals surface area contributed by atoms with E-state index in [-0.39, 0.29) is 11.7 Å². The molecule has 0 unspecified atom stereocenters. The number of phenolic OH excluding ortho intramolecular Hbond substituents is 1. The van der Waals surface area contributed by atoms with Crippen LogP contribution in [0.3, 0.4) is 0 Å². The molecule has 1 aliphatic rings. The van der Waals surface area contributed by atoms with Crippen LogP contribution in [0.5, 0.6) is 5.75 Å². The van der Waals surface area contributed by atoms with E-state index < -0.39 is 0 Å². The van der Waals surface area contributed by atoms with Crippen molar-refractivity contribution in [3.63, 3.8) is 0 Å². The quantitative estimate of drug-likeness (QED) is 0.674. The van der Waals surface area contributed by atoms with Crippen LogP contribution in [-0.4, -0.2) is 17.2 Å². The third-order valence-corrected chi connectivity index (χ3v) is 5.10. The monoisotopic (exact) mass is 314 g/mol. The molecular weight excluding hydrogens is 296 g/mol. The predicted octanol–water partition coefficient (Wildman–Crippen LogP) is 3.34. The van der Waals surface area contributed by atoms with Crippen molar-refractivity contribution in [2.45, 2.75) is 26.2 Å². The summed E-state index contributed by atoms with van der Waals surface area (Å²) in [5.41, 5.74) is 4.40. The Morgan fingerprint density at radius 1 is 1.45 bits per heavy atom. The minimum Gasteiger partial charge on any atom is -0.507 e. The van der Waals surface area contributed by atoms with Crippen molar-refractivity contribution in [2.75, 3.05) is 0 Å². The molecule has 3 rings (SSSR count). The minimum atomic E-state index is -0.196. The molecule has 0 saturated carbocycles. The normalized spacial score (nSPS) is 17.4. The van der Waals surface area contributed by atoms with Crippen molar-refractivity contribution in [1.82, 2.24) is 5.43 Å². The number of aryl methyl sites for hydroxylation is 1. The maximum Gasteiger partial charge on any atom is 0.281 e. The number of nitrogens with zero attached hydrogens (tertiary/aromatic N) is 1. The molecule has 1 atom stereocenters. The fourth-order valence-corrected chi connectivity index (χ4v) is 3.73. The number of hydrogen-bond acceptors (Lipinski definition) is 4. The number of benzene rings is 1. The van der Waals surface area contributed by atoms with Crippen molar-refractivity contribution >= 4 is 23.5 Å². The van der Waals surface area contributed by atoms with Gasteiger partial charge in [0.05, 0.1) is 11.1 Å². The lowest BCUT2D eigenvalue weighted by Gasteiger charge is -2.16. The van der Waals surface area contributed by atoms with Gasteiger partial charge in [-0.2, -0.15) is 5.10 Å².